The summed E-state index contributed by atoms with van der Waals surface area (Å²) < 4.78 is 0. The molecule has 1 aromatic rings. The quantitative estimate of drug-likeness (QED) is 0.668. The zero-order valence-electron chi connectivity index (χ0n) is 8.66. The molecule has 2 heteroatoms. The Morgan fingerprint density at radius 2 is 2.07 bits per heavy atom. The maximum Gasteiger partial charge on any atom is 0.182 e. The molecule has 0 bridgehead atoms. The second-order valence-corrected chi connectivity index (χ2v) is 3.94. The van der Waals surface area contributed by atoms with E-state index < -0.39 is 5.41 Å². The van der Waals surface area contributed by atoms with E-state index in [9.17, 15) is 4.79 Å². The van der Waals surface area contributed by atoms with Gasteiger partial charge in [0.15, 0.2) is 5.78 Å². The molecule has 0 amide bonds. The Hall–Kier alpha value is -1.62. The largest absolute Gasteiger partial charge is 0.292 e. The summed E-state index contributed by atoms with van der Waals surface area (Å²) in [5, 5.41) is 8.82. The normalized spacial score (nSPS) is 10.7. The third kappa shape index (κ3) is 2.00. The van der Waals surface area contributed by atoms with Crippen molar-refractivity contribution in [2.45, 2.75) is 20.8 Å². The molecule has 72 valence electrons. The van der Waals surface area contributed by atoms with Crippen LogP contribution in [0.1, 0.15) is 29.8 Å². The standard InChI is InChI=1S/C12H13NO/c1-9-5-4-6-10(7-9)11(14)12(2,3)8-13/h4-7H,1-3H3. The summed E-state index contributed by atoms with van der Waals surface area (Å²) in [6.45, 7) is 5.20. The second kappa shape index (κ2) is 3.63. The lowest BCUT2D eigenvalue weighted by Gasteiger charge is -2.13. The minimum absolute atomic E-state index is 0.122. The molecule has 0 aliphatic heterocycles. The molecular formula is C12H13NO. The van der Waals surface area contributed by atoms with Crippen molar-refractivity contribution in [1.29, 1.82) is 5.26 Å². The lowest BCUT2D eigenvalue weighted by molar-refractivity contribution is 0.0892. The fraction of sp³-hybridized carbons (Fsp3) is 0.333. The zero-order valence-corrected chi connectivity index (χ0v) is 8.66. The van der Waals surface area contributed by atoms with Gasteiger partial charge in [0.1, 0.15) is 5.41 Å². The summed E-state index contributed by atoms with van der Waals surface area (Å²) in [5.74, 6) is -0.122. The number of rotatable bonds is 2. The Morgan fingerprint density at radius 1 is 1.43 bits per heavy atom. The molecule has 14 heavy (non-hydrogen) atoms. The number of nitriles is 1. The van der Waals surface area contributed by atoms with Gasteiger partial charge in [0.2, 0.25) is 0 Å². The van der Waals surface area contributed by atoms with E-state index in [4.69, 9.17) is 5.26 Å². The second-order valence-electron chi connectivity index (χ2n) is 3.94. The van der Waals surface area contributed by atoms with Crippen LogP contribution in [0.3, 0.4) is 0 Å². The lowest BCUT2D eigenvalue weighted by Crippen LogP contribution is -2.22. The average molecular weight is 187 g/mol. The van der Waals surface area contributed by atoms with E-state index in [1.54, 1.807) is 26.0 Å². The number of aryl methyl sites for hydroxylation is 1. The van der Waals surface area contributed by atoms with Gasteiger partial charge in [-0.3, -0.25) is 4.79 Å². The van der Waals surface area contributed by atoms with E-state index in [1.807, 2.05) is 25.1 Å². The van der Waals surface area contributed by atoms with Crippen molar-refractivity contribution in [3.05, 3.63) is 35.4 Å². The minimum Gasteiger partial charge on any atom is -0.292 e. The Morgan fingerprint density at radius 3 is 2.57 bits per heavy atom. The summed E-state index contributed by atoms with van der Waals surface area (Å²) in [6, 6.07) is 9.32. The highest BCUT2D eigenvalue weighted by molar-refractivity contribution is 6.01. The van der Waals surface area contributed by atoms with Gasteiger partial charge >= 0.3 is 0 Å². The SMILES string of the molecule is Cc1cccc(C(=O)C(C)(C)C#N)c1. The van der Waals surface area contributed by atoms with Gasteiger partial charge in [0.05, 0.1) is 6.07 Å². The van der Waals surface area contributed by atoms with Crippen LogP contribution in [0.15, 0.2) is 24.3 Å². The monoisotopic (exact) mass is 187 g/mol. The van der Waals surface area contributed by atoms with Crippen LogP contribution in [0.25, 0.3) is 0 Å². The molecule has 0 aliphatic carbocycles. The van der Waals surface area contributed by atoms with Crippen LogP contribution >= 0.6 is 0 Å². The Labute approximate surface area is 84.2 Å². The molecular weight excluding hydrogens is 174 g/mol. The van der Waals surface area contributed by atoms with E-state index in [-0.39, 0.29) is 5.78 Å². The van der Waals surface area contributed by atoms with Crippen LogP contribution in [0.5, 0.6) is 0 Å². The van der Waals surface area contributed by atoms with Crippen molar-refractivity contribution >= 4 is 5.78 Å². The number of ketones is 1. The van der Waals surface area contributed by atoms with Crippen molar-refractivity contribution < 1.29 is 4.79 Å². The predicted octanol–water partition coefficient (Wildman–Crippen LogP) is 2.73. The number of hydrogen-bond acceptors (Lipinski definition) is 2. The number of hydrogen-bond donors (Lipinski definition) is 0. The summed E-state index contributed by atoms with van der Waals surface area (Å²) >= 11 is 0. The summed E-state index contributed by atoms with van der Waals surface area (Å²) in [5.41, 5.74) is 0.703. The number of benzene rings is 1. The maximum atomic E-state index is 11.8. The molecule has 0 saturated carbocycles. The van der Waals surface area contributed by atoms with E-state index in [0.29, 0.717) is 5.56 Å². The molecule has 0 saturated heterocycles. The first-order valence-corrected chi connectivity index (χ1v) is 4.50. The van der Waals surface area contributed by atoms with Gasteiger partial charge in [-0.2, -0.15) is 5.26 Å². The fourth-order valence-electron chi connectivity index (χ4n) is 1.20. The van der Waals surface area contributed by atoms with E-state index in [0.717, 1.165) is 5.56 Å². The van der Waals surface area contributed by atoms with Gasteiger partial charge in [-0.15, -0.1) is 0 Å². The smallest absolute Gasteiger partial charge is 0.182 e. The third-order valence-electron chi connectivity index (χ3n) is 2.13. The Bertz CT molecular complexity index is 399. The molecule has 1 aromatic carbocycles. The molecule has 0 aliphatic rings. The molecule has 0 aromatic heterocycles. The zero-order chi connectivity index (χ0) is 10.8. The first kappa shape index (κ1) is 10.5. The van der Waals surface area contributed by atoms with E-state index in [2.05, 4.69) is 0 Å². The van der Waals surface area contributed by atoms with Crippen molar-refractivity contribution in [2.24, 2.45) is 5.41 Å². The molecule has 0 N–H and O–H groups in total. The first-order chi connectivity index (χ1) is 6.47. The van der Waals surface area contributed by atoms with Crippen LogP contribution in [0, 0.1) is 23.7 Å². The molecule has 0 fully saturated rings. The highest BCUT2D eigenvalue weighted by Gasteiger charge is 2.28. The Kier molecular flexibility index (Phi) is 2.71. The molecule has 0 spiro atoms. The van der Waals surface area contributed by atoms with Crippen LogP contribution in [-0.2, 0) is 0 Å². The van der Waals surface area contributed by atoms with Crippen LogP contribution in [0.4, 0.5) is 0 Å². The summed E-state index contributed by atoms with van der Waals surface area (Å²) in [7, 11) is 0. The summed E-state index contributed by atoms with van der Waals surface area (Å²) in [6.07, 6.45) is 0. The number of nitrogens with zero attached hydrogens (tertiary/aromatic N) is 1. The highest BCUT2D eigenvalue weighted by Crippen LogP contribution is 2.21. The first-order valence-electron chi connectivity index (χ1n) is 4.50. The molecule has 2 nitrogen and oxygen atoms in total. The molecule has 0 unspecified atom stereocenters. The number of carbonyl (C=O) groups is 1. The van der Waals surface area contributed by atoms with Crippen LogP contribution in [-0.4, -0.2) is 5.78 Å². The molecule has 0 heterocycles. The van der Waals surface area contributed by atoms with Crippen molar-refractivity contribution in [3.63, 3.8) is 0 Å². The van der Waals surface area contributed by atoms with Crippen molar-refractivity contribution in [3.8, 4) is 6.07 Å². The summed E-state index contributed by atoms with van der Waals surface area (Å²) in [4.78, 5) is 11.8. The maximum absolute atomic E-state index is 11.8. The molecule has 1 rings (SSSR count). The minimum atomic E-state index is -0.937. The average Bonchev–Trinajstić information content (AvgIpc) is 2.16. The molecule has 0 radical (unpaired) electrons. The van der Waals surface area contributed by atoms with Gasteiger partial charge in [-0.25, -0.2) is 0 Å². The third-order valence-corrected chi connectivity index (χ3v) is 2.13. The number of carbonyl (C=O) groups excluding carboxylic acids is 1. The van der Waals surface area contributed by atoms with Gasteiger partial charge in [0.25, 0.3) is 0 Å². The van der Waals surface area contributed by atoms with Gasteiger partial charge < -0.3 is 0 Å². The van der Waals surface area contributed by atoms with Crippen LogP contribution < -0.4 is 0 Å². The van der Waals surface area contributed by atoms with E-state index >= 15 is 0 Å². The van der Waals surface area contributed by atoms with Crippen molar-refractivity contribution in [1.82, 2.24) is 0 Å². The van der Waals surface area contributed by atoms with E-state index in [1.165, 1.54) is 0 Å². The lowest BCUT2D eigenvalue weighted by atomic mass is 9.85. The van der Waals surface area contributed by atoms with Crippen LogP contribution in [0.2, 0.25) is 0 Å². The van der Waals surface area contributed by atoms with Gasteiger partial charge in [-0.1, -0.05) is 23.8 Å². The van der Waals surface area contributed by atoms with Crippen molar-refractivity contribution in [2.75, 3.05) is 0 Å². The highest BCUT2D eigenvalue weighted by atomic mass is 16.1. The number of Topliss-reactive ketones (excluding diaryl/α,β-unsaturated/α-hetero) is 1. The Balaban J connectivity index is 3.09. The fourth-order valence-corrected chi connectivity index (χ4v) is 1.20. The van der Waals surface area contributed by atoms with Gasteiger partial charge in [-0.05, 0) is 26.8 Å². The topological polar surface area (TPSA) is 40.9 Å². The predicted molar refractivity (Wildman–Crippen MR) is 54.9 cm³/mol. The van der Waals surface area contributed by atoms with Gasteiger partial charge in [0, 0.05) is 5.56 Å². The molecule has 0 atom stereocenters.